The maximum absolute atomic E-state index is 11.7. The summed E-state index contributed by atoms with van der Waals surface area (Å²) < 4.78 is 29.7. The minimum absolute atomic E-state index is 0.0766. The molecular weight excluding hydrogens is 290 g/mol. The quantitative estimate of drug-likeness (QED) is 0.517. The van der Waals surface area contributed by atoms with Gasteiger partial charge in [-0.3, -0.25) is 9.59 Å². The fourth-order valence-corrected chi connectivity index (χ4v) is 2.56. The zero-order chi connectivity index (χ0) is 15.2. The number of aromatic amines is 1. The van der Waals surface area contributed by atoms with Crippen LogP contribution in [-0.2, 0) is 30.8 Å². The van der Waals surface area contributed by atoms with Gasteiger partial charge in [0, 0.05) is 18.3 Å². The lowest BCUT2D eigenvalue weighted by Gasteiger charge is -2.13. The van der Waals surface area contributed by atoms with Gasteiger partial charge in [0.1, 0.15) is 6.04 Å². The van der Waals surface area contributed by atoms with E-state index < -0.39 is 33.8 Å². The highest BCUT2D eigenvalue weighted by atomic mass is 32.2. The number of H-pyrrole nitrogens is 1. The summed E-state index contributed by atoms with van der Waals surface area (Å²) in [6.07, 6.45) is 2.34. The highest BCUT2D eigenvalue weighted by Gasteiger charge is 2.25. The van der Waals surface area contributed by atoms with Crippen molar-refractivity contribution in [2.75, 3.05) is 12.9 Å². The molecule has 20 heavy (non-hydrogen) atoms. The number of carbonyl (C=O) groups is 2. The number of ether oxygens (including phenoxy) is 1. The number of nitrogens with one attached hydrogen (secondary N) is 2. The van der Waals surface area contributed by atoms with Crippen LogP contribution < -0.4 is 4.72 Å². The second-order valence-electron chi connectivity index (χ2n) is 3.93. The van der Waals surface area contributed by atoms with Crippen molar-refractivity contribution in [3.05, 3.63) is 18.2 Å². The molecule has 0 radical (unpaired) electrons. The number of carboxylic acid groups (broad SMARTS) is 1. The number of esters is 1. The van der Waals surface area contributed by atoms with E-state index >= 15 is 0 Å². The first kappa shape index (κ1) is 16.1. The maximum Gasteiger partial charge on any atom is 0.322 e. The minimum Gasteiger partial charge on any atom is -0.480 e. The number of carboxylic acids is 1. The number of methoxy groups -OCH3 is 1. The van der Waals surface area contributed by atoms with Gasteiger partial charge in [-0.05, 0) is 0 Å². The van der Waals surface area contributed by atoms with E-state index in [-0.39, 0.29) is 12.8 Å². The standard InChI is InChI=1S/C10H15N3O6S/c1-19-9(14)2-3-20(17,18)13-8(10(15)16)4-7-5-11-6-12-7/h5-6,8,13H,2-4H2,1H3,(H,11,12)(H,15,16)/t8-/m1/s1. The summed E-state index contributed by atoms with van der Waals surface area (Å²) >= 11 is 0. The van der Waals surface area contributed by atoms with E-state index in [0.29, 0.717) is 5.69 Å². The van der Waals surface area contributed by atoms with E-state index in [1.807, 2.05) is 4.72 Å². The molecule has 1 rings (SSSR count). The molecule has 10 heteroatoms. The third-order valence-corrected chi connectivity index (χ3v) is 3.79. The summed E-state index contributed by atoms with van der Waals surface area (Å²) in [5, 5.41) is 9.01. The molecule has 1 aromatic heterocycles. The molecule has 0 aliphatic carbocycles. The van der Waals surface area contributed by atoms with E-state index in [9.17, 15) is 18.0 Å². The number of aliphatic carboxylic acids is 1. The highest BCUT2D eigenvalue weighted by molar-refractivity contribution is 7.89. The number of carbonyl (C=O) groups excluding carboxylic acids is 1. The average Bonchev–Trinajstić information content (AvgIpc) is 2.87. The van der Waals surface area contributed by atoms with Crippen molar-refractivity contribution >= 4 is 22.0 Å². The van der Waals surface area contributed by atoms with Crippen LogP contribution >= 0.6 is 0 Å². The van der Waals surface area contributed by atoms with Crippen LogP contribution in [0, 0.1) is 0 Å². The smallest absolute Gasteiger partial charge is 0.322 e. The Bertz CT molecular complexity index is 554. The van der Waals surface area contributed by atoms with E-state index in [2.05, 4.69) is 14.7 Å². The van der Waals surface area contributed by atoms with Gasteiger partial charge < -0.3 is 14.8 Å². The SMILES string of the molecule is COC(=O)CCS(=O)(=O)N[C@H](Cc1cnc[nH]1)C(=O)O. The Balaban J connectivity index is 2.65. The zero-order valence-electron chi connectivity index (χ0n) is 10.7. The normalized spacial score (nSPS) is 12.8. The molecule has 3 N–H and O–H groups in total. The topological polar surface area (TPSA) is 138 Å². The van der Waals surface area contributed by atoms with Crippen molar-refractivity contribution in [3.8, 4) is 0 Å². The fourth-order valence-electron chi connectivity index (χ4n) is 1.39. The van der Waals surface area contributed by atoms with Gasteiger partial charge in [0.25, 0.3) is 0 Å². The van der Waals surface area contributed by atoms with Crippen molar-refractivity contribution in [2.24, 2.45) is 0 Å². The summed E-state index contributed by atoms with van der Waals surface area (Å²) in [7, 11) is -2.76. The van der Waals surface area contributed by atoms with Crippen molar-refractivity contribution < 1.29 is 27.9 Å². The van der Waals surface area contributed by atoms with Gasteiger partial charge >= 0.3 is 11.9 Å². The van der Waals surface area contributed by atoms with Crippen LogP contribution in [0.4, 0.5) is 0 Å². The molecule has 1 atom stereocenters. The molecule has 0 unspecified atom stereocenters. The zero-order valence-corrected chi connectivity index (χ0v) is 11.5. The molecule has 0 aromatic carbocycles. The van der Waals surface area contributed by atoms with Crippen LogP contribution in [-0.4, -0.2) is 54.3 Å². The summed E-state index contributed by atoms with van der Waals surface area (Å²) in [5.41, 5.74) is 0.480. The van der Waals surface area contributed by atoms with Gasteiger partial charge in [-0.15, -0.1) is 0 Å². The molecule has 1 heterocycles. The molecule has 0 amide bonds. The molecule has 0 bridgehead atoms. The maximum atomic E-state index is 11.7. The Labute approximate surface area is 115 Å². The van der Waals surface area contributed by atoms with Crippen LogP contribution in [0.1, 0.15) is 12.1 Å². The number of imidazole rings is 1. The highest BCUT2D eigenvalue weighted by Crippen LogP contribution is 2.02. The van der Waals surface area contributed by atoms with E-state index in [1.54, 1.807) is 0 Å². The predicted octanol–water partition coefficient (Wildman–Crippen LogP) is -1.11. The molecule has 0 saturated carbocycles. The minimum atomic E-state index is -3.90. The lowest BCUT2D eigenvalue weighted by atomic mass is 10.2. The predicted molar refractivity (Wildman–Crippen MR) is 67.3 cm³/mol. The third-order valence-electron chi connectivity index (χ3n) is 2.40. The fraction of sp³-hybridized carbons (Fsp3) is 0.500. The third kappa shape index (κ3) is 5.36. The van der Waals surface area contributed by atoms with Gasteiger partial charge in [0.2, 0.25) is 10.0 Å². The monoisotopic (exact) mass is 305 g/mol. The van der Waals surface area contributed by atoms with Crippen LogP contribution in [0.25, 0.3) is 0 Å². The van der Waals surface area contributed by atoms with Crippen molar-refractivity contribution in [3.63, 3.8) is 0 Å². The van der Waals surface area contributed by atoms with Gasteiger partial charge in [-0.25, -0.2) is 18.1 Å². The molecule has 112 valence electrons. The van der Waals surface area contributed by atoms with Gasteiger partial charge in [-0.1, -0.05) is 0 Å². The van der Waals surface area contributed by atoms with Crippen molar-refractivity contribution in [2.45, 2.75) is 18.9 Å². The average molecular weight is 305 g/mol. The number of aromatic nitrogens is 2. The molecule has 9 nitrogen and oxygen atoms in total. The summed E-state index contributed by atoms with van der Waals surface area (Å²) in [6, 6.07) is -1.34. The molecule has 0 spiro atoms. The lowest BCUT2D eigenvalue weighted by Crippen LogP contribution is -2.43. The van der Waals surface area contributed by atoms with Gasteiger partial charge in [0.05, 0.1) is 25.6 Å². The van der Waals surface area contributed by atoms with E-state index in [1.165, 1.54) is 12.5 Å². The van der Waals surface area contributed by atoms with Crippen molar-refractivity contribution in [1.82, 2.24) is 14.7 Å². The van der Waals surface area contributed by atoms with E-state index in [4.69, 9.17) is 5.11 Å². The Morgan fingerprint density at radius 2 is 2.25 bits per heavy atom. The Morgan fingerprint density at radius 3 is 2.75 bits per heavy atom. The molecule has 0 aliphatic rings. The number of sulfonamides is 1. The molecule has 0 saturated heterocycles. The second-order valence-corrected chi connectivity index (χ2v) is 5.81. The number of hydrogen-bond acceptors (Lipinski definition) is 6. The summed E-state index contributed by atoms with van der Waals surface area (Å²) in [6.45, 7) is 0. The number of rotatable bonds is 8. The Hall–Kier alpha value is -1.94. The lowest BCUT2D eigenvalue weighted by molar-refractivity contribution is -0.140. The largest absolute Gasteiger partial charge is 0.480 e. The van der Waals surface area contributed by atoms with Crippen LogP contribution in [0.3, 0.4) is 0 Å². The molecule has 0 fully saturated rings. The van der Waals surface area contributed by atoms with Crippen LogP contribution in [0.5, 0.6) is 0 Å². The molecule has 1 aromatic rings. The van der Waals surface area contributed by atoms with E-state index in [0.717, 1.165) is 7.11 Å². The van der Waals surface area contributed by atoms with Crippen molar-refractivity contribution in [1.29, 1.82) is 0 Å². The summed E-state index contributed by atoms with van der Waals surface area (Å²) in [4.78, 5) is 28.3. The molecule has 0 aliphatic heterocycles. The van der Waals surface area contributed by atoms with Gasteiger partial charge in [0.15, 0.2) is 0 Å². The first-order valence-corrected chi connectivity index (χ1v) is 7.26. The second kappa shape index (κ2) is 7.01. The Morgan fingerprint density at radius 1 is 1.55 bits per heavy atom. The van der Waals surface area contributed by atoms with Gasteiger partial charge in [-0.2, -0.15) is 0 Å². The number of hydrogen-bond donors (Lipinski definition) is 3. The Kier molecular flexibility index (Phi) is 5.65. The molecular formula is C10H15N3O6S. The van der Waals surface area contributed by atoms with Crippen LogP contribution in [0.2, 0.25) is 0 Å². The first-order valence-electron chi connectivity index (χ1n) is 5.61. The van der Waals surface area contributed by atoms with Crippen LogP contribution in [0.15, 0.2) is 12.5 Å². The first-order chi connectivity index (χ1) is 9.34. The number of nitrogens with zero attached hydrogens (tertiary/aromatic N) is 1. The summed E-state index contributed by atoms with van der Waals surface area (Å²) in [5.74, 6) is -2.54.